The number of likely N-dealkylation sites (N-methyl/N-ethyl adjacent to an activating group) is 1. The number of aryl methyl sites for hydroxylation is 1. The molecule has 1 aromatic heterocycles. The molecule has 1 aromatic carbocycles. The standard InChI is InChI=1S/C15H22N4/c1-18(12-6-5-9-16-10-12)11-14-13-7-3-4-8-15(13)19(2)17-14/h3-4,7-8,12,16H,5-6,9-11H2,1-2H3. The summed E-state index contributed by atoms with van der Waals surface area (Å²) in [7, 11) is 4.23. The van der Waals surface area contributed by atoms with Gasteiger partial charge in [-0.1, -0.05) is 18.2 Å². The summed E-state index contributed by atoms with van der Waals surface area (Å²) >= 11 is 0. The van der Waals surface area contributed by atoms with E-state index in [0.717, 1.165) is 19.6 Å². The first-order valence-electron chi connectivity index (χ1n) is 7.07. The van der Waals surface area contributed by atoms with E-state index in [-0.39, 0.29) is 0 Å². The van der Waals surface area contributed by atoms with Crippen LogP contribution in [0, 0.1) is 0 Å². The first-order valence-corrected chi connectivity index (χ1v) is 7.07. The van der Waals surface area contributed by atoms with Crippen LogP contribution in [0.1, 0.15) is 18.5 Å². The summed E-state index contributed by atoms with van der Waals surface area (Å²) in [5.74, 6) is 0. The molecule has 1 saturated heterocycles. The normalized spacial score (nSPS) is 20.3. The predicted octanol–water partition coefficient (Wildman–Crippen LogP) is 1.76. The van der Waals surface area contributed by atoms with Gasteiger partial charge in [-0.2, -0.15) is 5.10 Å². The maximum Gasteiger partial charge on any atom is 0.0843 e. The van der Waals surface area contributed by atoms with Crippen molar-refractivity contribution in [3.8, 4) is 0 Å². The molecule has 3 rings (SSSR count). The molecule has 1 fully saturated rings. The van der Waals surface area contributed by atoms with E-state index >= 15 is 0 Å². The Bertz CT molecular complexity index is 554. The minimum absolute atomic E-state index is 0.634. The number of para-hydroxylation sites is 1. The van der Waals surface area contributed by atoms with Crippen LogP contribution in [-0.2, 0) is 13.6 Å². The molecule has 1 aliphatic heterocycles. The predicted molar refractivity (Wildman–Crippen MR) is 78.1 cm³/mol. The van der Waals surface area contributed by atoms with Crippen LogP contribution in [0.3, 0.4) is 0 Å². The fourth-order valence-corrected chi connectivity index (χ4v) is 2.98. The highest BCUT2D eigenvalue weighted by Crippen LogP contribution is 2.20. The molecular weight excluding hydrogens is 236 g/mol. The maximum atomic E-state index is 4.68. The van der Waals surface area contributed by atoms with E-state index in [0.29, 0.717) is 6.04 Å². The number of fused-ring (bicyclic) bond motifs is 1. The first-order chi connectivity index (χ1) is 9.25. The minimum atomic E-state index is 0.634. The molecule has 0 aliphatic carbocycles. The molecule has 4 nitrogen and oxygen atoms in total. The van der Waals surface area contributed by atoms with Gasteiger partial charge in [0, 0.05) is 31.6 Å². The highest BCUT2D eigenvalue weighted by molar-refractivity contribution is 5.81. The van der Waals surface area contributed by atoms with E-state index < -0.39 is 0 Å². The number of rotatable bonds is 3. The summed E-state index contributed by atoms with van der Waals surface area (Å²) in [6.45, 7) is 3.19. The van der Waals surface area contributed by atoms with Crippen molar-refractivity contribution < 1.29 is 0 Å². The Morgan fingerprint density at radius 3 is 3.05 bits per heavy atom. The number of benzene rings is 1. The van der Waals surface area contributed by atoms with Gasteiger partial charge >= 0.3 is 0 Å². The third-order valence-electron chi connectivity index (χ3n) is 4.13. The zero-order valence-corrected chi connectivity index (χ0v) is 11.8. The second-order valence-corrected chi connectivity index (χ2v) is 5.50. The van der Waals surface area contributed by atoms with E-state index in [1.54, 1.807) is 0 Å². The van der Waals surface area contributed by atoms with Crippen LogP contribution in [-0.4, -0.2) is 40.9 Å². The van der Waals surface area contributed by atoms with Crippen molar-refractivity contribution in [2.24, 2.45) is 7.05 Å². The van der Waals surface area contributed by atoms with Gasteiger partial charge in [-0.3, -0.25) is 9.58 Å². The fraction of sp³-hybridized carbons (Fsp3) is 0.533. The summed E-state index contributed by atoms with van der Waals surface area (Å²) in [4.78, 5) is 2.43. The molecule has 2 heterocycles. The number of nitrogens with one attached hydrogen (secondary N) is 1. The van der Waals surface area contributed by atoms with Crippen LogP contribution in [0.15, 0.2) is 24.3 Å². The molecule has 0 amide bonds. The van der Waals surface area contributed by atoms with Crippen molar-refractivity contribution in [3.05, 3.63) is 30.0 Å². The van der Waals surface area contributed by atoms with Crippen molar-refractivity contribution in [1.29, 1.82) is 0 Å². The van der Waals surface area contributed by atoms with Crippen LogP contribution in [0.5, 0.6) is 0 Å². The topological polar surface area (TPSA) is 33.1 Å². The third kappa shape index (κ3) is 2.51. The first kappa shape index (κ1) is 12.6. The van der Waals surface area contributed by atoms with Crippen molar-refractivity contribution >= 4 is 10.9 Å². The van der Waals surface area contributed by atoms with E-state index in [1.807, 2.05) is 11.7 Å². The average Bonchev–Trinajstić information content (AvgIpc) is 2.77. The highest BCUT2D eigenvalue weighted by atomic mass is 15.3. The van der Waals surface area contributed by atoms with Gasteiger partial charge in [0.2, 0.25) is 0 Å². The summed E-state index contributed by atoms with van der Waals surface area (Å²) in [6.07, 6.45) is 2.56. The van der Waals surface area contributed by atoms with Gasteiger partial charge in [0.25, 0.3) is 0 Å². The zero-order valence-electron chi connectivity index (χ0n) is 11.8. The lowest BCUT2D eigenvalue weighted by atomic mass is 10.1. The Morgan fingerprint density at radius 2 is 2.26 bits per heavy atom. The number of aromatic nitrogens is 2. The number of nitrogens with zero attached hydrogens (tertiary/aromatic N) is 3. The third-order valence-corrected chi connectivity index (χ3v) is 4.13. The summed E-state index contributed by atoms with van der Waals surface area (Å²) in [6, 6.07) is 9.10. The van der Waals surface area contributed by atoms with Crippen molar-refractivity contribution in [2.45, 2.75) is 25.4 Å². The molecule has 1 atom stereocenters. The summed E-state index contributed by atoms with van der Waals surface area (Å²) in [5.41, 5.74) is 2.40. The molecule has 0 bridgehead atoms. The van der Waals surface area contributed by atoms with E-state index in [9.17, 15) is 0 Å². The van der Waals surface area contributed by atoms with Crippen LogP contribution in [0.4, 0.5) is 0 Å². The Balaban J connectivity index is 1.81. The molecule has 1 aliphatic rings. The SMILES string of the molecule is CN(Cc1nn(C)c2ccccc12)C1CCCNC1. The van der Waals surface area contributed by atoms with E-state index in [4.69, 9.17) is 0 Å². The Hall–Kier alpha value is -1.39. The molecule has 102 valence electrons. The van der Waals surface area contributed by atoms with Gasteiger partial charge in [0.15, 0.2) is 0 Å². The Morgan fingerprint density at radius 1 is 1.42 bits per heavy atom. The van der Waals surface area contributed by atoms with Crippen LogP contribution >= 0.6 is 0 Å². The Kier molecular flexibility index (Phi) is 3.53. The smallest absolute Gasteiger partial charge is 0.0843 e. The van der Waals surface area contributed by atoms with Crippen LogP contribution in [0.25, 0.3) is 10.9 Å². The van der Waals surface area contributed by atoms with Gasteiger partial charge in [0.1, 0.15) is 0 Å². The van der Waals surface area contributed by atoms with Gasteiger partial charge < -0.3 is 5.32 Å². The monoisotopic (exact) mass is 258 g/mol. The second kappa shape index (κ2) is 5.31. The minimum Gasteiger partial charge on any atom is -0.315 e. The molecule has 0 saturated carbocycles. The lowest BCUT2D eigenvalue weighted by Gasteiger charge is -2.31. The second-order valence-electron chi connectivity index (χ2n) is 5.50. The number of hydrogen-bond acceptors (Lipinski definition) is 3. The molecule has 1 unspecified atom stereocenters. The van der Waals surface area contributed by atoms with Crippen molar-refractivity contribution in [2.75, 3.05) is 20.1 Å². The van der Waals surface area contributed by atoms with Gasteiger partial charge in [-0.15, -0.1) is 0 Å². The maximum absolute atomic E-state index is 4.68. The Labute approximate surface area is 114 Å². The zero-order chi connectivity index (χ0) is 13.2. The molecular formula is C15H22N4. The van der Waals surface area contributed by atoms with Gasteiger partial charge in [-0.05, 0) is 32.5 Å². The molecule has 1 N–H and O–H groups in total. The molecule has 0 spiro atoms. The fourth-order valence-electron chi connectivity index (χ4n) is 2.98. The number of piperidine rings is 1. The molecule has 19 heavy (non-hydrogen) atoms. The molecule has 4 heteroatoms. The quantitative estimate of drug-likeness (QED) is 0.910. The molecule has 0 radical (unpaired) electrons. The highest BCUT2D eigenvalue weighted by Gasteiger charge is 2.19. The van der Waals surface area contributed by atoms with Gasteiger partial charge in [-0.25, -0.2) is 0 Å². The van der Waals surface area contributed by atoms with E-state index in [1.165, 1.54) is 29.4 Å². The van der Waals surface area contributed by atoms with Crippen molar-refractivity contribution in [3.63, 3.8) is 0 Å². The van der Waals surface area contributed by atoms with E-state index in [2.05, 4.69) is 46.6 Å². The lowest BCUT2D eigenvalue weighted by Crippen LogP contribution is -2.43. The summed E-state index contributed by atoms with van der Waals surface area (Å²) in [5, 5.41) is 9.43. The molecule has 2 aromatic rings. The van der Waals surface area contributed by atoms with Crippen LogP contribution < -0.4 is 5.32 Å². The largest absolute Gasteiger partial charge is 0.315 e. The van der Waals surface area contributed by atoms with Crippen LogP contribution in [0.2, 0.25) is 0 Å². The summed E-state index contributed by atoms with van der Waals surface area (Å²) < 4.78 is 1.98. The van der Waals surface area contributed by atoms with Crippen molar-refractivity contribution in [1.82, 2.24) is 20.0 Å². The number of hydrogen-bond donors (Lipinski definition) is 1. The van der Waals surface area contributed by atoms with Gasteiger partial charge in [0.05, 0.1) is 11.2 Å². The lowest BCUT2D eigenvalue weighted by molar-refractivity contribution is 0.194. The average molecular weight is 258 g/mol.